The lowest BCUT2D eigenvalue weighted by atomic mass is 9.34. The second-order valence-electron chi connectivity index (χ2n) is 7.81. The summed E-state index contributed by atoms with van der Waals surface area (Å²) in [6.07, 6.45) is 0. The van der Waals surface area contributed by atoms with Gasteiger partial charge in [-0.15, -0.1) is 0 Å². The summed E-state index contributed by atoms with van der Waals surface area (Å²) in [5.74, 6) is 2.00. The van der Waals surface area contributed by atoms with Crippen LogP contribution in [-0.4, -0.2) is 11.3 Å². The number of rotatable bonds is 0. The molecule has 7 rings (SSSR count). The molecule has 0 unspecified atom stereocenters. The van der Waals surface area contributed by atoms with Crippen LogP contribution in [0.5, 0.6) is 11.5 Å². The Kier molecular flexibility index (Phi) is 2.54. The molecule has 28 heavy (non-hydrogen) atoms. The minimum absolute atomic E-state index is 0.204. The van der Waals surface area contributed by atoms with Crippen molar-refractivity contribution in [2.75, 3.05) is 0 Å². The molecule has 4 aromatic carbocycles. The molecule has 5 aromatic rings. The largest absolute Gasteiger partial charge is 0.458 e. The van der Waals surface area contributed by atoms with Crippen LogP contribution in [0.4, 0.5) is 0 Å². The number of nitrogens with zero attached hydrogens (tertiary/aromatic N) is 1. The van der Waals surface area contributed by atoms with E-state index in [0.717, 1.165) is 11.5 Å². The van der Waals surface area contributed by atoms with Crippen LogP contribution in [-0.2, 0) is 0 Å². The number of fused-ring (bicyclic) bond motifs is 8. The first-order chi connectivity index (χ1) is 13.8. The van der Waals surface area contributed by atoms with Crippen LogP contribution in [0.2, 0.25) is 0 Å². The maximum Gasteiger partial charge on any atom is 0.256 e. The second-order valence-corrected chi connectivity index (χ2v) is 7.81. The summed E-state index contributed by atoms with van der Waals surface area (Å²) in [5, 5.41) is 2.60. The van der Waals surface area contributed by atoms with Crippen molar-refractivity contribution in [2.24, 2.45) is 0 Å². The Morgan fingerprint density at radius 3 is 2.54 bits per heavy atom. The maximum absolute atomic E-state index is 6.47. The Hall–Kier alpha value is -3.46. The zero-order chi connectivity index (χ0) is 18.4. The molecule has 1 aromatic heterocycles. The molecule has 0 bridgehead atoms. The summed E-state index contributed by atoms with van der Waals surface area (Å²) in [5.41, 5.74) is 8.92. The molecule has 0 fully saturated rings. The lowest BCUT2D eigenvalue weighted by molar-refractivity contribution is 0.484. The summed E-state index contributed by atoms with van der Waals surface area (Å²) in [7, 11) is 0. The molecule has 130 valence electrons. The van der Waals surface area contributed by atoms with Crippen molar-refractivity contribution in [1.82, 2.24) is 4.57 Å². The fourth-order valence-electron chi connectivity index (χ4n) is 5.25. The molecule has 0 N–H and O–H groups in total. The van der Waals surface area contributed by atoms with Gasteiger partial charge in [-0.25, -0.2) is 0 Å². The van der Waals surface area contributed by atoms with Crippen molar-refractivity contribution in [1.29, 1.82) is 0 Å². The molecule has 0 spiro atoms. The Bertz CT molecular complexity index is 1460. The number of aryl methyl sites for hydroxylation is 1. The smallest absolute Gasteiger partial charge is 0.256 e. The van der Waals surface area contributed by atoms with Crippen LogP contribution in [0.3, 0.4) is 0 Å². The van der Waals surface area contributed by atoms with E-state index in [1.165, 1.54) is 49.4 Å². The number of aromatic nitrogens is 1. The molecule has 0 atom stereocenters. The van der Waals surface area contributed by atoms with E-state index in [4.69, 9.17) is 4.74 Å². The van der Waals surface area contributed by atoms with Gasteiger partial charge in [-0.3, -0.25) is 0 Å². The fourth-order valence-corrected chi connectivity index (χ4v) is 5.25. The predicted molar refractivity (Wildman–Crippen MR) is 117 cm³/mol. The third-order valence-corrected chi connectivity index (χ3v) is 6.38. The molecular formula is C25H16BNO. The fraction of sp³-hybridized carbons (Fsp3) is 0.0400. The Morgan fingerprint density at radius 2 is 1.57 bits per heavy atom. The zero-order valence-corrected chi connectivity index (χ0v) is 15.4. The monoisotopic (exact) mass is 357 g/mol. The maximum atomic E-state index is 6.47. The predicted octanol–water partition coefficient (Wildman–Crippen LogP) is 4.03. The molecular weight excluding hydrogens is 341 g/mol. The third-order valence-electron chi connectivity index (χ3n) is 6.38. The summed E-state index contributed by atoms with van der Waals surface area (Å²) in [6.45, 7) is 2.34. The first-order valence-electron chi connectivity index (χ1n) is 9.75. The minimum Gasteiger partial charge on any atom is -0.458 e. The highest BCUT2D eigenvalue weighted by Gasteiger charge is 2.40. The van der Waals surface area contributed by atoms with E-state index >= 15 is 0 Å². The van der Waals surface area contributed by atoms with E-state index < -0.39 is 0 Å². The quantitative estimate of drug-likeness (QED) is 0.374. The van der Waals surface area contributed by atoms with Crippen LogP contribution in [0.25, 0.3) is 27.5 Å². The van der Waals surface area contributed by atoms with Gasteiger partial charge in [0.2, 0.25) is 0 Å². The third kappa shape index (κ3) is 1.57. The first kappa shape index (κ1) is 14.6. The van der Waals surface area contributed by atoms with Crippen molar-refractivity contribution in [3.63, 3.8) is 0 Å². The van der Waals surface area contributed by atoms with Gasteiger partial charge in [-0.2, -0.15) is 0 Å². The number of hydrogen-bond acceptors (Lipinski definition) is 1. The van der Waals surface area contributed by atoms with Gasteiger partial charge in [0.25, 0.3) is 6.71 Å². The molecule has 3 heteroatoms. The Labute approximate surface area is 163 Å². The van der Waals surface area contributed by atoms with Crippen molar-refractivity contribution in [3.05, 3.63) is 84.4 Å². The standard InChI is InChI=1S/C25H16BNO/c1-15-7-6-10-19-25(15)28-22-14-13-17-16-8-2-4-11-20(16)27-21-12-5-3-9-18(21)26(19)23(22)24(17)27/h2-14H,1H3. The van der Waals surface area contributed by atoms with Crippen LogP contribution < -0.4 is 21.1 Å². The lowest BCUT2D eigenvalue weighted by Crippen LogP contribution is -2.58. The number of para-hydroxylation sites is 3. The average molecular weight is 357 g/mol. The van der Waals surface area contributed by atoms with Crippen molar-refractivity contribution < 1.29 is 4.74 Å². The molecule has 3 heterocycles. The zero-order valence-electron chi connectivity index (χ0n) is 15.4. The van der Waals surface area contributed by atoms with E-state index in [1.54, 1.807) is 0 Å². The number of benzene rings is 4. The van der Waals surface area contributed by atoms with Crippen LogP contribution in [0, 0.1) is 6.92 Å². The Morgan fingerprint density at radius 1 is 0.750 bits per heavy atom. The van der Waals surface area contributed by atoms with Gasteiger partial charge in [0, 0.05) is 16.5 Å². The minimum atomic E-state index is 0.204. The molecule has 2 aliphatic rings. The molecule has 2 aliphatic heterocycles. The number of hydrogen-bond donors (Lipinski definition) is 0. The lowest BCUT2D eigenvalue weighted by Gasteiger charge is -2.33. The van der Waals surface area contributed by atoms with Crippen molar-refractivity contribution >= 4 is 44.9 Å². The highest BCUT2D eigenvalue weighted by atomic mass is 16.5. The van der Waals surface area contributed by atoms with E-state index in [-0.39, 0.29) is 6.71 Å². The van der Waals surface area contributed by atoms with E-state index in [0.29, 0.717) is 0 Å². The van der Waals surface area contributed by atoms with Crippen LogP contribution in [0.15, 0.2) is 78.9 Å². The van der Waals surface area contributed by atoms with Gasteiger partial charge in [0.15, 0.2) is 0 Å². The molecule has 0 saturated heterocycles. The molecule has 0 amide bonds. The summed E-state index contributed by atoms with van der Waals surface area (Å²) in [6, 6.07) is 28.4. The second kappa shape index (κ2) is 4.88. The molecule has 2 nitrogen and oxygen atoms in total. The summed E-state index contributed by atoms with van der Waals surface area (Å²) in [4.78, 5) is 0. The van der Waals surface area contributed by atoms with Crippen molar-refractivity contribution in [3.8, 4) is 17.2 Å². The Balaban J connectivity index is 1.76. The van der Waals surface area contributed by atoms with Gasteiger partial charge in [0.05, 0.1) is 11.0 Å². The van der Waals surface area contributed by atoms with Gasteiger partial charge in [0.1, 0.15) is 11.5 Å². The van der Waals surface area contributed by atoms with Crippen LogP contribution >= 0.6 is 0 Å². The van der Waals surface area contributed by atoms with Gasteiger partial charge in [-0.05, 0) is 53.1 Å². The van der Waals surface area contributed by atoms with Crippen LogP contribution in [0.1, 0.15) is 5.56 Å². The normalized spacial score (nSPS) is 13.4. The molecule has 0 saturated carbocycles. The van der Waals surface area contributed by atoms with Gasteiger partial charge >= 0.3 is 0 Å². The van der Waals surface area contributed by atoms with E-state index in [1.807, 2.05) is 0 Å². The average Bonchev–Trinajstić information content (AvgIpc) is 3.08. The summed E-state index contributed by atoms with van der Waals surface area (Å²) >= 11 is 0. The summed E-state index contributed by atoms with van der Waals surface area (Å²) < 4.78 is 8.90. The van der Waals surface area contributed by atoms with Gasteiger partial charge in [-0.1, -0.05) is 54.6 Å². The SMILES string of the molecule is Cc1cccc2c1Oc1ccc3c4ccccc4n4c3c1B2c1ccccc1-4. The first-order valence-corrected chi connectivity index (χ1v) is 9.75. The van der Waals surface area contributed by atoms with Gasteiger partial charge < -0.3 is 9.30 Å². The topological polar surface area (TPSA) is 14.2 Å². The highest BCUT2D eigenvalue weighted by Crippen LogP contribution is 2.38. The van der Waals surface area contributed by atoms with E-state index in [2.05, 4.69) is 90.4 Å². The highest BCUT2D eigenvalue weighted by molar-refractivity contribution is 6.99. The molecule has 0 radical (unpaired) electrons. The molecule has 0 aliphatic carbocycles. The van der Waals surface area contributed by atoms with E-state index in [9.17, 15) is 0 Å². The van der Waals surface area contributed by atoms with Crippen molar-refractivity contribution in [2.45, 2.75) is 6.92 Å². The number of ether oxygens (including phenoxy) is 1.